The van der Waals surface area contributed by atoms with E-state index in [1.807, 2.05) is 20.8 Å². The maximum absolute atomic E-state index is 2.25. The summed E-state index contributed by atoms with van der Waals surface area (Å²) < 4.78 is 0. The molecular weight excluding hydrogens is 122 g/mol. The molecule has 0 aromatic carbocycles. The van der Waals surface area contributed by atoms with Crippen LogP contribution < -0.4 is 0 Å². The summed E-state index contributed by atoms with van der Waals surface area (Å²) in [5.74, 6) is 0. The normalized spacial score (nSPS) is 9.80. The van der Waals surface area contributed by atoms with Crippen LogP contribution >= 0.6 is 0 Å². The van der Waals surface area contributed by atoms with E-state index in [-0.39, 0.29) is 0 Å². The number of hydrogen-bond acceptors (Lipinski definition) is 1. The highest BCUT2D eigenvalue weighted by atomic mass is 15.1. The lowest BCUT2D eigenvalue weighted by molar-refractivity contribution is 0.392. The molecule has 0 aromatic rings. The molecule has 0 aliphatic carbocycles. The summed E-state index contributed by atoms with van der Waals surface area (Å²) in [6.07, 6.45) is 4.23. The first kappa shape index (κ1) is 12.4. The molecule has 0 N–H and O–H groups in total. The molecule has 0 fully saturated rings. The van der Waals surface area contributed by atoms with Gasteiger partial charge in [-0.25, -0.2) is 0 Å². The van der Waals surface area contributed by atoms with Gasteiger partial charge < -0.3 is 4.90 Å². The molecule has 0 aromatic heterocycles. The van der Waals surface area contributed by atoms with E-state index in [4.69, 9.17) is 0 Å². The highest BCUT2D eigenvalue weighted by Crippen LogP contribution is 1.80. The molecule has 1 nitrogen and oxygen atoms in total. The zero-order valence-corrected chi connectivity index (χ0v) is 8.02. The van der Waals surface area contributed by atoms with Crippen LogP contribution in [0.4, 0.5) is 0 Å². The SMILES string of the molecule is C/C=C/CN(C)CC.CC. The highest BCUT2D eigenvalue weighted by Gasteiger charge is 1.84. The van der Waals surface area contributed by atoms with Crippen molar-refractivity contribution in [1.29, 1.82) is 0 Å². The summed E-state index contributed by atoms with van der Waals surface area (Å²) in [4.78, 5) is 2.25. The number of hydrogen-bond donors (Lipinski definition) is 0. The van der Waals surface area contributed by atoms with Crippen LogP contribution in [0.5, 0.6) is 0 Å². The molecular formula is C9H21N. The zero-order valence-electron chi connectivity index (χ0n) is 8.02. The minimum absolute atomic E-state index is 1.08. The Morgan fingerprint density at radius 2 is 1.80 bits per heavy atom. The Balaban J connectivity index is 0. The first-order valence-electron chi connectivity index (χ1n) is 4.11. The van der Waals surface area contributed by atoms with Crippen LogP contribution in [-0.2, 0) is 0 Å². The fraction of sp³-hybridized carbons (Fsp3) is 0.778. The monoisotopic (exact) mass is 143 g/mol. The maximum atomic E-state index is 2.25. The second kappa shape index (κ2) is 11.5. The summed E-state index contributed by atoms with van der Waals surface area (Å²) in [6, 6.07) is 0. The van der Waals surface area contributed by atoms with Gasteiger partial charge in [-0.1, -0.05) is 32.9 Å². The van der Waals surface area contributed by atoms with Gasteiger partial charge in [0.15, 0.2) is 0 Å². The van der Waals surface area contributed by atoms with Gasteiger partial charge in [-0.3, -0.25) is 0 Å². The van der Waals surface area contributed by atoms with Crippen molar-refractivity contribution in [2.45, 2.75) is 27.7 Å². The summed E-state index contributed by atoms with van der Waals surface area (Å²) in [5.41, 5.74) is 0. The Bertz CT molecular complexity index is 67.1. The highest BCUT2D eigenvalue weighted by molar-refractivity contribution is 4.79. The van der Waals surface area contributed by atoms with E-state index in [2.05, 4.69) is 31.0 Å². The average Bonchev–Trinajstić information content (AvgIpc) is 2.04. The Morgan fingerprint density at radius 3 is 2.10 bits per heavy atom. The molecule has 0 amide bonds. The number of nitrogens with zero attached hydrogens (tertiary/aromatic N) is 1. The maximum Gasteiger partial charge on any atom is 0.0159 e. The Hall–Kier alpha value is -0.300. The second-order valence-electron chi connectivity index (χ2n) is 1.92. The van der Waals surface area contributed by atoms with Crippen LogP contribution in [0.3, 0.4) is 0 Å². The van der Waals surface area contributed by atoms with E-state index in [1.165, 1.54) is 0 Å². The molecule has 10 heavy (non-hydrogen) atoms. The van der Waals surface area contributed by atoms with Crippen molar-refractivity contribution in [2.75, 3.05) is 20.1 Å². The van der Waals surface area contributed by atoms with Crippen molar-refractivity contribution in [1.82, 2.24) is 4.90 Å². The molecule has 1 heteroatoms. The zero-order chi connectivity index (χ0) is 8.41. The van der Waals surface area contributed by atoms with Gasteiger partial charge in [-0.05, 0) is 20.5 Å². The van der Waals surface area contributed by atoms with Crippen molar-refractivity contribution >= 4 is 0 Å². The smallest absolute Gasteiger partial charge is 0.0159 e. The predicted octanol–water partition coefficient (Wildman–Crippen LogP) is 2.54. The van der Waals surface area contributed by atoms with Gasteiger partial charge in [-0.2, -0.15) is 0 Å². The number of rotatable bonds is 3. The van der Waals surface area contributed by atoms with Crippen molar-refractivity contribution in [2.24, 2.45) is 0 Å². The molecule has 62 valence electrons. The van der Waals surface area contributed by atoms with Crippen LogP contribution in [0.15, 0.2) is 12.2 Å². The molecule has 0 aliphatic heterocycles. The molecule has 0 unspecified atom stereocenters. The van der Waals surface area contributed by atoms with Gasteiger partial charge in [0.2, 0.25) is 0 Å². The lowest BCUT2D eigenvalue weighted by atomic mass is 10.5. The van der Waals surface area contributed by atoms with E-state index in [9.17, 15) is 0 Å². The van der Waals surface area contributed by atoms with Crippen LogP contribution in [0, 0.1) is 0 Å². The van der Waals surface area contributed by atoms with Gasteiger partial charge in [0.1, 0.15) is 0 Å². The van der Waals surface area contributed by atoms with Gasteiger partial charge in [0.25, 0.3) is 0 Å². The molecule has 0 rings (SSSR count). The Labute approximate surface area is 65.7 Å². The molecule has 0 spiro atoms. The molecule has 0 atom stereocenters. The molecule has 0 heterocycles. The molecule has 0 saturated carbocycles. The number of likely N-dealkylation sites (N-methyl/N-ethyl adjacent to an activating group) is 1. The number of allylic oxidation sites excluding steroid dienone is 1. The first-order valence-corrected chi connectivity index (χ1v) is 4.11. The summed E-state index contributed by atoms with van der Waals surface area (Å²) in [6.45, 7) is 10.4. The van der Waals surface area contributed by atoms with Crippen molar-refractivity contribution in [3.63, 3.8) is 0 Å². The van der Waals surface area contributed by atoms with Crippen LogP contribution in [0.25, 0.3) is 0 Å². The third kappa shape index (κ3) is 10.6. The molecule has 0 radical (unpaired) electrons. The predicted molar refractivity (Wildman–Crippen MR) is 49.3 cm³/mol. The lowest BCUT2D eigenvalue weighted by Gasteiger charge is -2.08. The van der Waals surface area contributed by atoms with Crippen molar-refractivity contribution in [3.05, 3.63) is 12.2 Å². The van der Waals surface area contributed by atoms with E-state index in [0.717, 1.165) is 13.1 Å². The lowest BCUT2D eigenvalue weighted by Crippen LogP contribution is -2.16. The van der Waals surface area contributed by atoms with Crippen LogP contribution in [-0.4, -0.2) is 25.0 Å². The van der Waals surface area contributed by atoms with E-state index >= 15 is 0 Å². The largest absolute Gasteiger partial charge is 0.303 e. The van der Waals surface area contributed by atoms with Gasteiger partial charge in [0, 0.05) is 6.54 Å². The average molecular weight is 143 g/mol. The van der Waals surface area contributed by atoms with Crippen molar-refractivity contribution in [3.8, 4) is 0 Å². The standard InChI is InChI=1S/C7H15N.C2H6/c1-4-6-7-8(3)5-2;1-2/h4,6H,5,7H2,1-3H3;1-2H3/b6-4+;. The summed E-state index contributed by atoms with van der Waals surface area (Å²) in [7, 11) is 2.11. The first-order chi connectivity index (χ1) is 4.81. The third-order valence-corrected chi connectivity index (χ3v) is 1.19. The van der Waals surface area contributed by atoms with E-state index in [0.29, 0.717) is 0 Å². The van der Waals surface area contributed by atoms with Crippen LogP contribution in [0.2, 0.25) is 0 Å². The van der Waals surface area contributed by atoms with Crippen molar-refractivity contribution < 1.29 is 0 Å². The Morgan fingerprint density at radius 1 is 1.30 bits per heavy atom. The minimum atomic E-state index is 1.08. The summed E-state index contributed by atoms with van der Waals surface area (Å²) in [5, 5.41) is 0. The van der Waals surface area contributed by atoms with Gasteiger partial charge in [0.05, 0.1) is 0 Å². The van der Waals surface area contributed by atoms with Gasteiger partial charge >= 0.3 is 0 Å². The quantitative estimate of drug-likeness (QED) is 0.549. The van der Waals surface area contributed by atoms with Gasteiger partial charge in [-0.15, -0.1) is 0 Å². The Kier molecular flexibility index (Phi) is 14.2. The second-order valence-corrected chi connectivity index (χ2v) is 1.92. The minimum Gasteiger partial charge on any atom is -0.303 e. The fourth-order valence-corrected chi connectivity index (χ4v) is 0.414. The van der Waals surface area contributed by atoms with E-state index < -0.39 is 0 Å². The topological polar surface area (TPSA) is 3.24 Å². The summed E-state index contributed by atoms with van der Waals surface area (Å²) >= 11 is 0. The fourth-order valence-electron chi connectivity index (χ4n) is 0.414. The third-order valence-electron chi connectivity index (χ3n) is 1.19. The van der Waals surface area contributed by atoms with E-state index in [1.54, 1.807) is 0 Å². The molecule has 0 bridgehead atoms. The van der Waals surface area contributed by atoms with Crippen LogP contribution in [0.1, 0.15) is 27.7 Å². The molecule has 0 saturated heterocycles. The molecule has 0 aliphatic rings.